The van der Waals surface area contributed by atoms with Gasteiger partial charge in [0.2, 0.25) is 0 Å². The van der Waals surface area contributed by atoms with Crippen molar-refractivity contribution in [1.82, 2.24) is 15.0 Å². The number of benzene rings is 1. The van der Waals surface area contributed by atoms with Gasteiger partial charge in [0.05, 0.1) is 33.7 Å². The molecule has 3 aromatic heterocycles. The van der Waals surface area contributed by atoms with Crippen molar-refractivity contribution in [3.63, 3.8) is 0 Å². The van der Waals surface area contributed by atoms with Crippen LogP contribution in [-0.2, 0) is 24.2 Å². The minimum absolute atomic E-state index is 0.200. The monoisotopic (exact) mass is 434 g/mol. The maximum absolute atomic E-state index is 11.2. The molecule has 4 aromatic rings. The molecule has 0 fully saturated rings. The molecule has 0 aliphatic carbocycles. The molecule has 158 valence electrons. The Morgan fingerprint density at radius 1 is 1.29 bits per heavy atom. The molecule has 0 amide bonds. The highest BCUT2D eigenvalue weighted by molar-refractivity contribution is 7.25. The van der Waals surface area contributed by atoms with Crippen LogP contribution in [0.2, 0.25) is 0 Å². The third kappa shape index (κ3) is 3.84. The lowest BCUT2D eigenvalue weighted by Gasteiger charge is -2.30. The van der Waals surface area contributed by atoms with E-state index >= 15 is 0 Å². The van der Waals surface area contributed by atoms with Gasteiger partial charge < -0.3 is 15.2 Å². The second-order valence-electron chi connectivity index (χ2n) is 8.36. The fourth-order valence-electron chi connectivity index (χ4n) is 3.90. The normalized spacial score (nSPS) is 15.2. The van der Waals surface area contributed by atoms with Crippen molar-refractivity contribution in [2.45, 2.75) is 38.9 Å². The van der Waals surface area contributed by atoms with Crippen LogP contribution < -0.4 is 5.32 Å². The van der Waals surface area contributed by atoms with Gasteiger partial charge in [0.15, 0.2) is 0 Å². The molecule has 2 N–H and O–H groups in total. The number of nitrogens with one attached hydrogen (secondary N) is 1. The summed E-state index contributed by atoms with van der Waals surface area (Å²) in [7, 11) is 0. The van der Waals surface area contributed by atoms with Gasteiger partial charge in [-0.25, -0.2) is 19.7 Å². The number of pyridine rings is 1. The quantitative estimate of drug-likeness (QED) is 0.479. The Hall–Kier alpha value is -3.10. The van der Waals surface area contributed by atoms with Crippen molar-refractivity contribution in [2.75, 3.05) is 11.9 Å². The molecule has 8 heteroatoms. The van der Waals surface area contributed by atoms with Crippen molar-refractivity contribution < 1.29 is 14.6 Å². The van der Waals surface area contributed by atoms with E-state index in [-0.39, 0.29) is 5.60 Å². The van der Waals surface area contributed by atoms with Crippen molar-refractivity contribution in [1.29, 1.82) is 0 Å². The Kier molecular flexibility index (Phi) is 4.83. The lowest BCUT2D eigenvalue weighted by Crippen LogP contribution is -2.32. The summed E-state index contributed by atoms with van der Waals surface area (Å²) < 4.78 is 6.93. The van der Waals surface area contributed by atoms with Crippen LogP contribution in [0.25, 0.3) is 20.4 Å². The zero-order valence-electron chi connectivity index (χ0n) is 17.3. The van der Waals surface area contributed by atoms with Crippen molar-refractivity contribution in [3.05, 3.63) is 59.0 Å². The van der Waals surface area contributed by atoms with E-state index in [1.165, 1.54) is 0 Å². The Morgan fingerprint density at radius 2 is 2.16 bits per heavy atom. The van der Waals surface area contributed by atoms with E-state index in [9.17, 15) is 4.79 Å². The number of hydrogen-bond acceptors (Lipinski definition) is 7. The second kappa shape index (κ2) is 7.55. The molecular formula is C23H22N4O3S. The van der Waals surface area contributed by atoms with Crippen LogP contribution in [0.4, 0.5) is 5.82 Å². The molecule has 4 heterocycles. The number of ether oxygens (including phenoxy) is 1. The molecule has 0 radical (unpaired) electrons. The summed E-state index contributed by atoms with van der Waals surface area (Å²) in [4.78, 5) is 26.0. The summed E-state index contributed by atoms with van der Waals surface area (Å²) in [5.41, 5.74) is 4.17. The van der Waals surface area contributed by atoms with Gasteiger partial charge in [-0.1, -0.05) is 12.1 Å². The third-order valence-electron chi connectivity index (χ3n) is 5.51. The van der Waals surface area contributed by atoms with Crippen LogP contribution in [-0.4, -0.2) is 38.2 Å². The minimum atomic E-state index is -0.915. The van der Waals surface area contributed by atoms with E-state index in [2.05, 4.69) is 35.2 Å². The first-order valence-corrected chi connectivity index (χ1v) is 11.0. The molecule has 0 atom stereocenters. The van der Waals surface area contributed by atoms with Crippen molar-refractivity contribution >= 4 is 43.6 Å². The molecule has 5 rings (SSSR count). The fourth-order valence-corrected chi connectivity index (χ4v) is 4.99. The molecule has 0 spiro atoms. The van der Waals surface area contributed by atoms with Gasteiger partial charge in [0, 0.05) is 23.9 Å². The Labute approximate surface area is 183 Å². The SMILES string of the molecule is CC1(C)Cc2nc3sc4c(NCCc5cccc(C(=O)O)c5)ncnc4c3cc2CO1. The molecule has 1 aliphatic heterocycles. The molecule has 31 heavy (non-hydrogen) atoms. The van der Waals surface area contributed by atoms with E-state index in [4.69, 9.17) is 14.8 Å². The number of thiophene rings is 1. The number of anilines is 1. The number of carboxylic acid groups (broad SMARTS) is 1. The molecule has 0 saturated heterocycles. The number of aromatic carboxylic acids is 1. The number of rotatable bonds is 5. The predicted molar refractivity (Wildman–Crippen MR) is 121 cm³/mol. The van der Waals surface area contributed by atoms with E-state index in [0.717, 1.165) is 49.5 Å². The highest BCUT2D eigenvalue weighted by Gasteiger charge is 2.28. The van der Waals surface area contributed by atoms with E-state index in [1.54, 1.807) is 35.9 Å². The topological polar surface area (TPSA) is 97.2 Å². The summed E-state index contributed by atoms with van der Waals surface area (Å²) in [6.07, 6.45) is 3.05. The fraction of sp³-hybridized carbons (Fsp3) is 0.304. The van der Waals surface area contributed by atoms with Crippen LogP contribution in [0, 0.1) is 0 Å². The molecule has 1 aromatic carbocycles. The van der Waals surface area contributed by atoms with E-state index < -0.39 is 5.97 Å². The molecule has 0 saturated carbocycles. The van der Waals surface area contributed by atoms with Gasteiger partial charge >= 0.3 is 5.97 Å². The van der Waals surface area contributed by atoms with Crippen LogP contribution in [0.5, 0.6) is 0 Å². The molecular weight excluding hydrogens is 412 g/mol. The van der Waals surface area contributed by atoms with Gasteiger partial charge in [-0.2, -0.15) is 0 Å². The molecule has 7 nitrogen and oxygen atoms in total. The average Bonchev–Trinajstić information content (AvgIpc) is 3.10. The Balaban J connectivity index is 1.42. The van der Waals surface area contributed by atoms with E-state index in [0.29, 0.717) is 25.1 Å². The highest BCUT2D eigenvalue weighted by atomic mass is 32.1. The number of carbonyl (C=O) groups is 1. The Bertz CT molecular complexity index is 1320. The largest absolute Gasteiger partial charge is 0.478 e. The average molecular weight is 435 g/mol. The predicted octanol–water partition coefficient (Wildman–Crippen LogP) is 4.44. The first-order valence-electron chi connectivity index (χ1n) is 10.2. The number of hydrogen-bond donors (Lipinski definition) is 2. The van der Waals surface area contributed by atoms with Gasteiger partial charge in [0.1, 0.15) is 17.0 Å². The number of nitrogens with zero attached hydrogens (tertiary/aromatic N) is 3. The summed E-state index contributed by atoms with van der Waals surface area (Å²) in [5.74, 6) is -0.140. The summed E-state index contributed by atoms with van der Waals surface area (Å²) in [6.45, 7) is 5.38. The zero-order chi connectivity index (χ0) is 21.6. The van der Waals surface area contributed by atoms with Gasteiger partial charge in [0.25, 0.3) is 0 Å². The lowest BCUT2D eigenvalue weighted by molar-refractivity contribution is -0.0411. The summed E-state index contributed by atoms with van der Waals surface area (Å²) in [5, 5.41) is 13.6. The first-order chi connectivity index (χ1) is 14.9. The smallest absolute Gasteiger partial charge is 0.335 e. The molecule has 0 bridgehead atoms. The van der Waals surface area contributed by atoms with Crippen LogP contribution in [0.3, 0.4) is 0 Å². The number of fused-ring (bicyclic) bond motifs is 4. The first kappa shape index (κ1) is 19.8. The zero-order valence-corrected chi connectivity index (χ0v) is 18.1. The third-order valence-corrected chi connectivity index (χ3v) is 6.60. The summed E-state index contributed by atoms with van der Waals surface area (Å²) in [6, 6.07) is 9.16. The molecule has 1 aliphatic rings. The van der Waals surface area contributed by atoms with Crippen LogP contribution in [0.15, 0.2) is 36.7 Å². The number of aromatic nitrogens is 3. The maximum Gasteiger partial charge on any atom is 0.335 e. The van der Waals surface area contributed by atoms with Gasteiger partial charge in [-0.15, -0.1) is 11.3 Å². The van der Waals surface area contributed by atoms with Crippen molar-refractivity contribution in [3.8, 4) is 0 Å². The van der Waals surface area contributed by atoms with E-state index in [1.807, 2.05) is 6.07 Å². The maximum atomic E-state index is 11.2. The number of carboxylic acids is 1. The van der Waals surface area contributed by atoms with Gasteiger partial charge in [-0.05, 0) is 44.0 Å². The highest BCUT2D eigenvalue weighted by Crippen LogP contribution is 2.37. The van der Waals surface area contributed by atoms with Crippen molar-refractivity contribution in [2.24, 2.45) is 0 Å². The lowest BCUT2D eigenvalue weighted by atomic mass is 9.95. The molecule has 0 unspecified atom stereocenters. The second-order valence-corrected chi connectivity index (χ2v) is 9.36. The minimum Gasteiger partial charge on any atom is -0.478 e. The Morgan fingerprint density at radius 3 is 3.00 bits per heavy atom. The van der Waals surface area contributed by atoms with Crippen LogP contribution >= 0.6 is 11.3 Å². The standard InChI is InChI=1S/C23H22N4O3S/c1-23(2)10-17-15(11-30-23)9-16-18-19(31-21(16)27-17)20(26-12-25-18)24-7-6-13-4-3-5-14(8-13)22(28)29/h3-5,8-9,12H,6-7,10-11H2,1-2H3,(H,28,29)(H,24,25,26). The summed E-state index contributed by atoms with van der Waals surface area (Å²) >= 11 is 1.60. The van der Waals surface area contributed by atoms with Crippen LogP contribution in [0.1, 0.15) is 41.0 Å². The van der Waals surface area contributed by atoms with Gasteiger partial charge in [-0.3, -0.25) is 0 Å².